The highest BCUT2D eigenvalue weighted by Gasteiger charge is 2.14. The summed E-state index contributed by atoms with van der Waals surface area (Å²) in [6.45, 7) is 1.84. The molecule has 0 radical (unpaired) electrons. The van der Waals surface area contributed by atoms with Gasteiger partial charge in [-0.15, -0.1) is 0 Å². The Morgan fingerprint density at radius 1 is 1.21 bits per heavy atom. The molecule has 3 nitrogen and oxygen atoms in total. The van der Waals surface area contributed by atoms with Gasteiger partial charge in [-0.1, -0.05) is 30.3 Å². The zero-order valence-corrected chi connectivity index (χ0v) is 12.1. The number of esters is 1. The number of nitrogen functional groups attached to an aromatic ring is 1. The minimum Gasteiger partial charge on any atom is -0.454 e. The van der Waals surface area contributed by atoms with Crippen molar-refractivity contribution >= 4 is 27.6 Å². The summed E-state index contributed by atoms with van der Waals surface area (Å²) in [5.41, 5.74) is 7.67. The van der Waals surface area contributed by atoms with Gasteiger partial charge in [-0.2, -0.15) is 0 Å². The number of ether oxygens (including phenoxy) is 1. The highest BCUT2D eigenvalue weighted by atomic mass is 79.9. The number of nitrogens with two attached hydrogens (primary N) is 1. The van der Waals surface area contributed by atoms with Crippen LogP contribution in [0.3, 0.4) is 0 Å². The van der Waals surface area contributed by atoms with Crippen molar-refractivity contribution in [1.29, 1.82) is 0 Å². The Morgan fingerprint density at radius 2 is 1.89 bits per heavy atom. The SMILES string of the molecule is CC(OC(=O)c1ccc(Br)c(N)c1)c1ccccc1. The maximum absolute atomic E-state index is 12.0. The van der Waals surface area contributed by atoms with Crippen molar-refractivity contribution in [2.24, 2.45) is 0 Å². The van der Waals surface area contributed by atoms with Crippen LogP contribution in [-0.2, 0) is 4.74 Å². The van der Waals surface area contributed by atoms with E-state index in [1.54, 1.807) is 18.2 Å². The Morgan fingerprint density at radius 3 is 2.53 bits per heavy atom. The Bertz CT molecular complexity index is 584. The number of hydrogen-bond acceptors (Lipinski definition) is 3. The van der Waals surface area contributed by atoms with Crippen LogP contribution in [0.2, 0.25) is 0 Å². The molecule has 2 rings (SSSR count). The summed E-state index contributed by atoms with van der Waals surface area (Å²) in [4.78, 5) is 12.0. The van der Waals surface area contributed by atoms with Gasteiger partial charge in [0.1, 0.15) is 6.10 Å². The zero-order valence-electron chi connectivity index (χ0n) is 10.5. The van der Waals surface area contributed by atoms with Crippen LogP contribution in [0.4, 0.5) is 5.69 Å². The summed E-state index contributed by atoms with van der Waals surface area (Å²) in [6.07, 6.45) is -0.293. The molecule has 4 heteroatoms. The van der Waals surface area contributed by atoms with Gasteiger partial charge in [0.05, 0.1) is 5.56 Å². The third kappa shape index (κ3) is 3.35. The molecule has 0 fully saturated rings. The lowest BCUT2D eigenvalue weighted by atomic mass is 10.1. The second kappa shape index (κ2) is 5.89. The first-order valence-electron chi connectivity index (χ1n) is 5.89. The van der Waals surface area contributed by atoms with Crippen molar-refractivity contribution in [3.8, 4) is 0 Å². The second-order valence-electron chi connectivity index (χ2n) is 4.19. The average Bonchev–Trinajstić information content (AvgIpc) is 2.42. The van der Waals surface area contributed by atoms with Crippen molar-refractivity contribution in [3.63, 3.8) is 0 Å². The molecule has 0 aromatic heterocycles. The fraction of sp³-hybridized carbons (Fsp3) is 0.133. The standard InChI is InChI=1S/C15H14BrNO2/c1-10(11-5-3-2-4-6-11)19-15(18)12-7-8-13(16)14(17)9-12/h2-10H,17H2,1H3. The normalized spacial score (nSPS) is 11.9. The van der Waals surface area contributed by atoms with E-state index in [2.05, 4.69) is 15.9 Å². The molecule has 2 aromatic rings. The lowest BCUT2D eigenvalue weighted by Crippen LogP contribution is -2.09. The van der Waals surface area contributed by atoms with Crippen LogP contribution in [0.1, 0.15) is 28.9 Å². The van der Waals surface area contributed by atoms with Gasteiger partial charge in [-0.05, 0) is 46.6 Å². The number of halogens is 1. The quantitative estimate of drug-likeness (QED) is 0.688. The summed E-state index contributed by atoms with van der Waals surface area (Å²) in [7, 11) is 0. The van der Waals surface area contributed by atoms with E-state index in [4.69, 9.17) is 10.5 Å². The molecular formula is C15H14BrNO2. The molecule has 0 bridgehead atoms. The molecule has 0 amide bonds. The molecule has 0 saturated heterocycles. The molecule has 2 N–H and O–H groups in total. The van der Waals surface area contributed by atoms with Crippen molar-refractivity contribution in [3.05, 3.63) is 64.1 Å². The monoisotopic (exact) mass is 319 g/mol. The number of benzene rings is 2. The number of carbonyl (C=O) groups excluding carboxylic acids is 1. The molecule has 0 aliphatic heterocycles. The van der Waals surface area contributed by atoms with Gasteiger partial charge in [-0.3, -0.25) is 0 Å². The fourth-order valence-corrected chi connectivity index (χ4v) is 1.94. The van der Waals surface area contributed by atoms with Gasteiger partial charge >= 0.3 is 5.97 Å². The van der Waals surface area contributed by atoms with Crippen molar-refractivity contribution < 1.29 is 9.53 Å². The van der Waals surface area contributed by atoms with Gasteiger partial charge in [0.2, 0.25) is 0 Å². The zero-order chi connectivity index (χ0) is 13.8. The number of rotatable bonds is 3. The van der Waals surface area contributed by atoms with Gasteiger partial charge in [0, 0.05) is 10.2 Å². The van der Waals surface area contributed by atoms with E-state index in [0.717, 1.165) is 10.0 Å². The van der Waals surface area contributed by atoms with Crippen molar-refractivity contribution in [2.75, 3.05) is 5.73 Å². The minimum absolute atomic E-state index is 0.293. The molecular weight excluding hydrogens is 306 g/mol. The van der Waals surface area contributed by atoms with E-state index in [1.807, 2.05) is 37.3 Å². The molecule has 1 atom stereocenters. The highest BCUT2D eigenvalue weighted by Crippen LogP contribution is 2.23. The van der Waals surface area contributed by atoms with Crippen LogP contribution >= 0.6 is 15.9 Å². The first-order chi connectivity index (χ1) is 9.08. The largest absolute Gasteiger partial charge is 0.454 e. The summed E-state index contributed by atoms with van der Waals surface area (Å²) >= 11 is 3.29. The van der Waals surface area contributed by atoms with E-state index >= 15 is 0 Å². The third-order valence-corrected chi connectivity index (χ3v) is 3.51. The molecule has 0 heterocycles. The molecule has 2 aromatic carbocycles. The van der Waals surface area contributed by atoms with Crippen LogP contribution in [0.15, 0.2) is 53.0 Å². The van der Waals surface area contributed by atoms with Crippen LogP contribution in [-0.4, -0.2) is 5.97 Å². The number of hydrogen-bond donors (Lipinski definition) is 1. The number of carbonyl (C=O) groups is 1. The first kappa shape index (κ1) is 13.6. The van der Waals surface area contributed by atoms with E-state index in [9.17, 15) is 4.79 Å². The Balaban J connectivity index is 2.11. The fourth-order valence-electron chi connectivity index (χ4n) is 1.69. The van der Waals surface area contributed by atoms with Crippen LogP contribution in [0, 0.1) is 0 Å². The third-order valence-electron chi connectivity index (χ3n) is 2.78. The van der Waals surface area contributed by atoms with Gasteiger partial charge in [0.15, 0.2) is 0 Å². The Labute approximate surface area is 120 Å². The average molecular weight is 320 g/mol. The molecule has 0 saturated carbocycles. The van der Waals surface area contributed by atoms with Gasteiger partial charge in [0.25, 0.3) is 0 Å². The number of anilines is 1. The topological polar surface area (TPSA) is 52.3 Å². The highest BCUT2D eigenvalue weighted by molar-refractivity contribution is 9.10. The Kier molecular flexibility index (Phi) is 4.22. The van der Waals surface area contributed by atoms with Crippen LogP contribution in [0.5, 0.6) is 0 Å². The van der Waals surface area contributed by atoms with Crippen LogP contribution in [0.25, 0.3) is 0 Å². The molecule has 19 heavy (non-hydrogen) atoms. The molecule has 98 valence electrons. The maximum atomic E-state index is 12.0. The summed E-state index contributed by atoms with van der Waals surface area (Å²) in [5.74, 6) is -0.379. The van der Waals surface area contributed by atoms with Gasteiger partial charge in [-0.25, -0.2) is 4.79 Å². The lowest BCUT2D eigenvalue weighted by Gasteiger charge is -2.13. The second-order valence-corrected chi connectivity index (χ2v) is 5.05. The predicted octanol–water partition coefficient (Wildman–Crippen LogP) is 3.95. The predicted molar refractivity (Wildman–Crippen MR) is 78.8 cm³/mol. The summed E-state index contributed by atoms with van der Waals surface area (Å²) < 4.78 is 6.17. The van der Waals surface area contributed by atoms with Crippen LogP contribution < -0.4 is 5.73 Å². The summed E-state index contributed by atoms with van der Waals surface area (Å²) in [5, 5.41) is 0. The van der Waals surface area contributed by atoms with E-state index < -0.39 is 0 Å². The molecule has 0 aliphatic rings. The van der Waals surface area contributed by atoms with Crippen molar-refractivity contribution in [1.82, 2.24) is 0 Å². The first-order valence-corrected chi connectivity index (χ1v) is 6.68. The van der Waals surface area contributed by atoms with E-state index in [1.165, 1.54) is 0 Å². The lowest BCUT2D eigenvalue weighted by molar-refractivity contribution is 0.0338. The minimum atomic E-state index is -0.379. The van der Waals surface area contributed by atoms with E-state index in [0.29, 0.717) is 11.3 Å². The summed E-state index contributed by atoms with van der Waals surface area (Å²) in [6, 6.07) is 14.6. The van der Waals surface area contributed by atoms with E-state index in [-0.39, 0.29) is 12.1 Å². The van der Waals surface area contributed by atoms with Gasteiger partial charge < -0.3 is 10.5 Å². The molecule has 0 aliphatic carbocycles. The Hall–Kier alpha value is -1.81. The van der Waals surface area contributed by atoms with Crippen molar-refractivity contribution in [2.45, 2.75) is 13.0 Å². The molecule has 1 unspecified atom stereocenters. The molecule has 0 spiro atoms. The maximum Gasteiger partial charge on any atom is 0.338 e. The smallest absolute Gasteiger partial charge is 0.338 e.